The predicted octanol–water partition coefficient (Wildman–Crippen LogP) is 4.01. The standard InChI is InChI=1S/C21H15N3O4/c25-19-12-11-15(13-18(19)24(27)28)14-22-23-20(16-7-3-1-4-8-16)21(26)17-9-5-2-6-10-17/h1-14,25H/b22-14+,23-20+. The highest BCUT2D eigenvalue weighted by atomic mass is 16.6. The number of Topliss-reactive ketones (excluding diaryl/α,β-unsaturated/α-hetero) is 1. The van der Waals surface area contributed by atoms with Crippen molar-refractivity contribution in [2.24, 2.45) is 10.2 Å². The summed E-state index contributed by atoms with van der Waals surface area (Å²) < 4.78 is 0. The van der Waals surface area contributed by atoms with Crippen molar-refractivity contribution in [3.63, 3.8) is 0 Å². The maximum absolute atomic E-state index is 12.8. The van der Waals surface area contributed by atoms with Gasteiger partial charge in [0.15, 0.2) is 5.75 Å². The number of aromatic hydroxyl groups is 1. The molecule has 3 aromatic rings. The molecule has 0 radical (unpaired) electrons. The lowest BCUT2D eigenvalue weighted by Crippen LogP contribution is -2.15. The number of carbonyl (C=O) groups is 1. The van der Waals surface area contributed by atoms with Crippen LogP contribution in [0.1, 0.15) is 21.5 Å². The lowest BCUT2D eigenvalue weighted by molar-refractivity contribution is -0.385. The maximum atomic E-state index is 12.8. The number of benzene rings is 3. The highest BCUT2D eigenvalue weighted by Crippen LogP contribution is 2.25. The van der Waals surface area contributed by atoms with Crippen LogP contribution in [0.5, 0.6) is 5.75 Å². The highest BCUT2D eigenvalue weighted by molar-refractivity contribution is 6.51. The molecule has 3 rings (SSSR count). The number of hydrogen-bond acceptors (Lipinski definition) is 6. The van der Waals surface area contributed by atoms with E-state index in [1.165, 1.54) is 24.4 Å². The number of phenols is 1. The first-order chi connectivity index (χ1) is 13.6. The fraction of sp³-hybridized carbons (Fsp3) is 0. The number of hydrogen-bond donors (Lipinski definition) is 1. The average molecular weight is 373 g/mol. The van der Waals surface area contributed by atoms with Gasteiger partial charge in [0.25, 0.3) is 0 Å². The molecule has 0 amide bonds. The molecule has 7 heteroatoms. The molecule has 0 aliphatic carbocycles. The van der Waals surface area contributed by atoms with Gasteiger partial charge in [0.1, 0.15) is 5.71 Å². The van der Waals surface area contributed by atoms with Crippen molar-refractivity contribution in [3.8, 4) is 5.75 Å². The number of carbonyl (C=O) groups excluding carboxylic acids is 1. The van der Waals surface area contributed by atoms with Gasteiger partial charge in [0, 0.05) is 22.8 Å². The SMILES string of the molecule is O=C(/C(=N/N=C/c1ccc(O)c([N+](=O)[O-])c1)c1ccccc1)c1ccccc1. The van der Waals surface area contributed by atoms with Gasteiger partial charge in [-0.3, -0.25) is 14.9 Å². The summed E-state index contributed by atoms with van der Waals surface area (Å²) >= 11 is 0. The molecule has 0 fully saturated rings. The van der Waals surface area contributed by atoms with Crippen molar-refractivity contribution < 1.29 is 14.8 Å². The largest absolute Gasteiger partial charge is 0.502 e. The third-order valence-electron chi connectivity index (χ3n) is 3.86. The molecule has 7 nitrogen and oxygen atoms in total. The topological polar surface area (TPSA) is 105 Å². The van der Waals surface area contributed by atoms with Crippen LogP contribution in [0.2, 0.25) is 0 Å². The summed E-state index contributed by atoms with van der Waals surface area (Å²) in [5.74, 6) is -0.726. The summed E-state index contributed by atoms with van der Waals surface area (Å²) in [6.45, 7) is 0. The van der Waals surface area contributed by atoms with Crippen LogP contribution in [0.15, 0.2) is 89.1 Å². The second-order valence-corrected chi connectivity index (χ2v) is 5.76. The molecule has 1 N–H and O–H groups in total. The van der Waals surface area contributed by atoms with Crippen LogP contribution in [0.4, 0.5) is 5.69 Å². The Kier molecular flexibility index (Phi) is 5.66. The van der Waals surface area contributed by atoms with E-state index in [0.29, 0.717) is 16.7 Å². The van der Waals surface area contributed by atoms with Crippen LogP contribution in [0.3, 0.4) is 0 Å². The van der Waals surface area contributed by atoms with Crippen LogP contribution in [-0.4, -0.2) is 27.7 Å². The number of rotatable bonds is 6. The molecule has 0 bridgehead atoms. The third kappa shape index (κ3) is 4.34. The zero-order valence-corrected chi connectivity index (χ0v) is 14.6. The molecule has 3 aromatic carbocycles. The quantitative estimate of drug-likeness (QED) is 0.305. The van der Waals surface area contributed by atoms with E-state index in [0.717, 1.165) is 0 Å². The van der Waals surface area contributed by atoms with Gasteiger partial charge in [0.05, 0.1) is 11.1 Å². The van der Waals surface area contributed by atoms with E-state index < -0.39 is 16.4 Å². The Morgan fingerprint density at radius 2 is 1.54 bits per heavy atom. The molecule has 0 aromatic heterocycles. The lowest BCUT2D eigenvalue weighted by atomic mass is 10.0. The Labute approximate surface area is 160 Å². The van der Waals surface area contributed by atoms with Gasteiger partial charge in [-0.2, -0.15) is 5.10 Å². The van der Waals surface area contributed by atoms with Crippen LogP contribution >= 0.6 is 0 Å². The minimum absolute atomic E-state index is 0.149. The Morgan fingerprint density at radius 3 is 2.14 bits per heavy atom. The highest BCUT2D eigenvalue weighted by Gasteiger charge is 2.16. The molecule has 0 aliphatic heterocycles. The summed E-state index contributed by atoms with van der Waals surface area (Å²) in [4.78, 5) is 23.1. The molecule has 0 spiro atoms. The van der Waals surface area contributed by atoms with E-state index in [9.17, 15) is 20.0 Å². The third-order valence-corrected chi connectivity index (χ3v) is 3.86. The van der Waals surface area contributed by atoms with E-state index in [4.69, 9.17) is 0 Å². The van der Waals surface area contributed by atoms with Crippen LogP contribution in [0.25, 0.3) is 0 Å². The Hall–Kier alpha value is -4.13. The first-order valence-electron chi connectivity index (χ1n) is 8.30. The Bertz CT molecular complexity index is 1060. The molecular formula is C21H15N3O4. The molecular weight excluding hydrogens is 358 g/mol. The number of phenolic OH excluding ortho intramolecular Hbond substituents is 1. The van der Waals surface area contributed by atoms with Gasteiger partial charge in [-0.1, -0.05) is 60.7 Å². The fourth-order valence-corrected chi connectivity index (χ4v) is 2.48. The Morgan fingerprint density at radius 1 is 0.929 bits per heavy atom. The van der Waals surface area contributed by atoms with E-state index in [2.05, 4.69) is 10.2 Å². The van der Waals surface area contributed by atoms with Crippen molar-refractivity contribution >= 4 is 23.4 Å². The van der Waals surface area contributed by atoms with Crippen LogP contribution < -0.4 is 0 Å². The number of nitrogens with zero attached hydrogens (tertiary/aromatic N) is 3. The molecule has 138 valence electrons. The second-order valence-electron chi connectivity index (χ2n) is 5.76. The van der Waals surface area contributed by atoms with Crippen molar-refractivity contribution in [3.05, 3.63) is 106 Å². The first-order valence-corrected chi connectivity index (χ1v) is 8.30. The normalized spacial score (nSPS) is 11.5. The number of nitro benzene ring substituents is 1. The Balaban J connectivity index is 1.96. The first kappa shape index (κ1) is 18.7. The van der Waals surface area contributed by atoms with Gasteiger partial charge < -0.3 is 5.11 Å². The summed E-state index contributed by atoms with van der Waals surface area (Å²) in [6, 6.07) is 21.5. The van der Waals surface area contributed by atoms with E-state index in [-0.39, 0.29) is 11.5 Å². The van der Waals surface area contributed by atoms with Gasteiger partial charge in [-0.05, 0) is 12.1 Å². The minimum atomic E-state index is -0.690. The number of ketones is 1. The van der Waals surface area contributed by atoms with Gasteiger partial charge in [0.2, 0.25) is 5.78 Å². The van der Waals surface area contributed by atoms with E-state index in [1.54, 1.807) is 48.5 Å². The summed E-state index contributed by atoms with van der Waals surface area (Å²) in [7, 11) is 0. The molecule has 0 heterocycles. The van der Waals surface area contributed by atoms with Crippen molar-refractivity contribution in [2.45, 2.75) is 0 Å². The van der Waals surface area contributed by atoms with E-state index >= 15 is 0 Å². The van der Waals surface area contributed by atoms with Gasteiger partial charge in [-0.25, -0.2) is 0 Å². The fourth-order valence-electron chi connectivity index (χ4n) is 2.48. The van der Waals surface area contributed by atoms with E-state index in [1.807, 2.05) is 12.1 Å². The molecule has 0 saturated carbocycles. The molecule has 0 saturated heterocycles. The number of nitro groups is 1. The monoisotopic (exact) mass is 373 g/mol. The average Bonchev–Trinajstić information content (AvgIpc) is 2.73. The lowest BCUT2D eigenvalue weighted by Gasteiger charge is -2.04. The summed E-state index contributed by atoms with van der Waals surface area (Å²) in [5, 5.41) is 28.4. The van der Waals surface area contributed by atoms with Crippen molar-refractivity contribution in [1.29, 1.82) is 0 Å². The van der Waals surface area contributed by atoms with Gasteiger partial charge >= 0.3 is 5.69 Å². The molecule has 0 unspecified atom stereocenters. The van der Waals surface area contributed by atoms with Crippen LogP contribution in [0, 0.1) is 10.1 Å². The van der Waals surface area contributed by atoms with Crippen molar-refractivity contribution in [1.82, 2.24) is 0 Å². The molecule has 0 aliphatic rings. The maximum Gasteiger partial charge on any atom is 0.311 e. The molecule has 0 atom stereocenters. The minimum Gasteiger partial charge on any atom is -0.502 e. The van der Waals surface area contributed by atoms with Crippen molar-refractivity contribution in [2.75, 3.05) is 0 Å². The summed E-state index contributed by atoms with van der Waals surface area (Å²) in [5.41, 5.74) is 1.16. The zero-order valence-electron chi connectivity index (χ0n) is 14.6. The zero-order chi connectivity index (χ0) is 19.9. The van der Waals surface area contributed by atoms with Gasteiger partial charge in [-0.15, -0.1) is 5.10 Å². The smallest absolute Gasteiger partial charge is 0.311 e. The summed E-state index contributed by atoms with van der Waals surface area (Å²) in [6.07, 6.45) is 1.29. The second kappa shape index (κ2) is 8.50. The molecule has 28 heavy (non-hydrogen) atoms. The predicted molar refractivity (Wildman–Crippen MR) is 106 cm³/mol. The van der Waals surface area contributed by atoms with Crippen LogP contribution in [-0.2, 0) is 0 Å².